The van der Waals surface area contributed by atoms with Crippen LogP contribution in [0.5, 0.6) is 0 Å². The van der Waals surface area contributed by atoms with E-state index in [1.165, 1.54) is 17.4 Å². The maximum Gasteiger partial charge on any atom is 0.138 e. The molecular formula is C7H10FNS. The van der Waals surface area contributed by atoms with E-state index in [2.05, 4.69) is 5.32 Å². The molecule has 0 amide bonds. The first kappa shape index (κ1) is 7.69. The third-order valence-electron chi connectivity index (χ3n) is 1.47. The monoisotopic (exact) mass is 159 g/mol. The van der Waals surface area contributed by atoms with Crippen LogP contribution in [0.3, 0.4) is 0 Å². The second kappa shape index (κ2) is 3.12. The van der Waals surface area contributed by atoms with Gasteiger partial charge in [-0.15, -0.1) is 11.3 Å². The van der Waals surface area contributed by atoms with Gasteiger partial charge in [0, 0.05) is 6.04 Å². The molecule has 1 atom stereocenters. The van der Waals surface area contributed by atoms with Crippen LogP contribution in [0, 0.1) is 5.82 Å². The topological polar surface area (TPSA) is 12.0 Å². The molecule has 1 aromatic heterocycles. The van der Waals surface area contributed by atoms with Gasteiger partial charge < -0.3 is 5.32 Å². The molecule has 0 saturated heterocycles. The number of rotatable bonds is 2. The fourth-order valence-electron chi connectivity index (χ4n) is 0.745. The van der Waals surface area contributed by atoms with Crippen LogP contribution >= 0.6 is 11.3 Å². The van der Waals surface area contributed by atoms with Crippen molar-refractivity contribution >= 4 is 11.3 Å². The van der Waals surface area contributed by atoms with Gasteiger partial charge in [-0.05, 0) is 25.4 Å². The summed E-state index contributed by atoms with van der Waals surface area (Å²) < 4.78 is 12.8. The molecule has 10 heavy (non-hydrogen) atoms. The molecule has 56 valence electrons. The van der Waals surface area contributed by atoms with Gasteiger partial charge in [-0.2, -0.15) is 0 Å². The molecule has 1 rings (SSSR count). The van der Waals surface area contributed by atoms with E-state index in [1.807, 2.05) is 14.0 Å². The SMILES string of the molecule is CNC(C)c1sccc1F. The van der Waals surface area contributed by atoms with E-state index in [9.17, 15) is 4.39 Å². The zero-order chi connectivity index (χ0) is 7.56. The van der Waals surface area contributed by atoms with E-state index >= 15 is 0 Å². The predicted molar refractivity (Wildman–Crippen MR) is 41.8 cm³/mol. The summed E-state index contributed by atoms with van der Waals surface area (Å²) in [6.45, 7) is 1.94. The highest BCUT2D eigenvalue weighted by Gasteiger charge is 2.08. The Bertz CT molecular complexity index is 209. The lowest BCUT2D eigenvalue weighted by molar-refractivity contribution is 0.575. The smallest absolute Gasteiger partial charge is 0.138 e. The molecule has 0 aliphatic rings. The van der Waals surface area contributed by atoms with E-state index < -0.39 is 0 Å². The lowest BCUT2D eigenvalue weighted by Gasteiger charge is -2.06. The van der Waals surface area contributed by atoms with Gasteiger partial charge in [0.05, 0.1) is 4.88 Å². The number of hydrogen-bond donors (Lipinski definition) is 1. The van der Waals surface area contributed by atoms with Crippen LogP contribution in [-0.2, 0) is 0 Å². The first-order chi connectivity index (χ1) is 4.75. The Balaban J connectivity index is 2.82. The van der Waals surface area contributed by atoms with Crippen molar-refractivity contribution in [1.82, 2.24) is 5.32 Å². The van der Waals surface area contributed by atoms with Crippen molar-refractivity contribution in [3.8, 4) is 0 Å². The van der Waals surface area contributed by atoms with Crippen molar-refractivity contribution < 1.29 is 4.39 Å². The van der Waals surface area contributed by atoms with Crippen molar-refractivity contribution in [1.29, 1.82) is 0 Å². The summed E-state index contributed by atoms with van der Waals surface area (Å²) in [5.74, 6) is -0.105. The molecule has 0 radical (unpaired) electrons. The summed E-state index contributed by atoms with van der Waals surface area (Å²) in [5, 5.41) is 4.74. The summed E-state index contributed by atoms with van der Waals surface area (Å²) in [6.07, 6.45) is 0. The van der Waals surface area contributed by atoms with Crippen molar-refractivity contribution in [2.24, 2.45) is 0 Å². The minimum Gasteiger partial charge on any atom is -0.312 e. The molecule has 0 bridgehead atoms. The van der Waals surface area contributed by atoms with E-state index in [1.54, 1.807) is 5.38 Å². The second-order valence-electron chi connectivity index (χ2n) is 2.14. The number of hydrogen-bond acceptors (Lipinski definition) is 2. The van der Waals surface area contributed by atoms with Crippen LogP contribution in [0.4, 0.5) is 4.39 Å². The number of nitrogens with one attached hydrogen (secondary N) is 1. The molecule has 0 aliphatic carbocycles. The fraction of sp³-hybridized carbons (Fsp3) is 0.429. The minimum absolute atomic E-state index is 0.105. The summed E-state index contributed by atoms with van der Waals surface area (Å²) in [7, 11) is 1.82. The first-order valence-electron chi connectivity index (χ1n) is 3.16. The maximum atomic E-state index is 12.8. The van der Waals surface area contributed by atoms with Gasteiger partial charge in [0.2, 0.25) is 0 Å². The molecule has 1 unspecified atom stereocenters. The summed E-state index contributed by atoms with van der Waals surface area (Å²) in [4.78, 5) is 0.780. The minimum atomic E-state index is -0.105. The molecule has 0 fully saturated rings. The maximum absolute atomic E-state index is 12.8. The van der Waals surface area contributed by atoms with Crippen molar-refractivity contribution in [2.45, 2.75) is 13.0 Å². The normalized spacial score (nSPS) is 13.5. The van der Waals surface area contributed by atoms with Crippen molar-refractivity contribution in [3.63, 3.8) is 0 Å². The molecule has 0 aromatic carbocycles. The van der Waals surface area contributed by atoms with E-state index in [0.29, 0.717) is 0 Å². The van der Waals surface area contributed by atoms with Gasteiger partial charge in [0.1, 0.15) is 5.82 Å². The Morgan fingerprint density at radius 2 is 2.40 bits per heavy atom. The molecule has 0 saturated carbocycles. The Morgan fingerprint density at radius 1 is 1.70 bits per heavy atom. The van der Waals surface area contributed by atoms with Gasteiger partial charge in [-0.1, -0.05) is 0 Å². The lowest BCUT2D eigenvalue weighted by atomic mass is 10.3. The van der Waals surface area contributed by atoms with Gasteiger partial charge >= 0.3 is 0 Å². The van der Waals surface area contributed by atoms with Crippen LogP contribution in [-0.4, -0.2) is 7.05 Å². The van der Waals surface area contributed by atoms with Crippen molar-refractivity contribution in [2.75, 3.05) is 7.05 Å². The van der Waals surface area contributed by atoms with E-state index in [-0.39, 0.29) is 11.9 Å². The quantitative estimate of drug-likeness (QED) is 0.697. The largest absolute Gasteiger partial charge is 0.312 e. The highest BCUT2D eigenvalue weighted by atomic mass is 32.1. The van der Waals surface area contributed by atoms with Gasteiger partial charge in [-0.3, -0.25) is 0 Å². The Kier molecular flexibility index (Phi) is 2.40. The van der Waals surface area contributed by atoms with Crippen LogP contribution in [0.25, 0.3) is 0 Å². The van der Waals surface area contributed by atoms with Gasteiger partial charge in [0.15, 0.2) is 0 Å². The first-order valence-corrected chi connectivity index (χ1v) is 4.04. The summed E-state index contributed by atoms with van der Waals surface area (Å²) in [5.41, 5.74) is 0. The predicted octanol–water partition coefficient (Wildman–Crippen LogP) is 2.17. The molecule has 1 nitrogen and oxygen atoms in total. The van der Waals surface area contributed by atoms with Gasteiger partial charge in [-0.25, -0.2) is 4.39 Å². The highest BCUT2D eigenvalue weighted by molar-refractivity contribution is 7.10. The van der Waals surface area contributed by atoms with Crippen molar-refractivity contribution in [3.05, 3.63) is 22.1 Å². The lowest BCUT2D eigenvalue weighted by Crippen LogP contribution is -2.11. The van der Waals surface area contributed by atoms with E-state index in [4.69, 9.17) is 0 Å². The molecule has 1 aromatic rings. The average molecular weight is 159 g/mol. The standard InChI is InChI=1S/C7H10FNS/c1-5(9-2)7-6(8)3-4-10-7/h3-5,9H,1-2H3. The van der Waals surface area contributed by atoms with Gasteiger partial charge in [0.25, 0.3) is 0 Å². The fourth-order valence-corrected chi connectivity index (χ4v) is 1.58. The second-order valence-corrected chi connectivity index (χ2v) is 3.09. The molecule has 0 aliphatic heterocycles. The van der Waals surface area contributed by atoms with E-state index in [0.717, 1.165) is 4.88 Å². The number of thiophene rings is 1. The average Bonchev–Trinajstić information content (AvgIpc) is 2.34. The zero-order valence-corrected chi connectivity index (χ0v) is 6.83. The molecule has 1 heterocycles. The van der Waals surface area contributed by atoms with Crippen LogP contribution < -0.4 is 5.32 Å². The Morgan fingerprint density at radius 3 is 2.80 bits per heavy atom. The number of halogens is 1. The Labute approximate surface area is 63.9 Å². The van der Waals surface area contributed by atoms with Crippen LogP contribution in [0.2, 0.25) is 0 Å². The van der Waals surface area contributed by atoms with Crippen LogP contribution in [0.15, 0.2) is 11.4 Å². The summed E-state index contributed by atoms with van der Waals surface area (Å²) >= 11 is 1.44. The molecular weight excluding hydrogens is 149 g/mol. The third-order valence-corrected chi connectivity index (χ3v) is 2.55. The Hall–Kier alpha value is -0.410. The summed E-state index contributed by atoms with van der Waals surface area (Å²) in [6, 6.07) is 1.62. The zero-order valence-electron chi connectivity index (χ0n) is 6.02. The third kappa shape index (κ3) is 1.36. The molecule has 3 heteroatoms. The van der Waals surface area contributed by atoms with Crippen LogP contribution in [0.1, 0.15) is 17.8 Å². The highest BCUT2D eigenvalue weighted by Crippen LogP contribution is 2.21. The molecule has 0 spiro atoms. The molecule has 1 N–H and O–H groups in total.